The molecular weight excluding hydrogens is 298 g/mol. The third-order valence-corrected chi connectivity index (χ3v) is 4.97. The van der Waals surface area contributed by atoms with Gasteiger partial charge in [-0.2, -0.15) is 17.4 Å². The lowest BCUT2D eigenvalue weighted by molar-refractivity contribution is 0.408. The summed E-state index contributed by atoms with van der Waals surface area (Å²) in [7, 11) is -3.41. The van der Waals surface area contributed by atoms with Crippen LogP contribution in [0.3, 0.4) is 0 Å². The smallest absolute Gasteiger partial charge is 0.280 e. The van der Waals surface area contributed by atoms with E-state index in [9.17, 15) is 8.42 Å². The minimum Gasteiger partial charge on any atom is -0.315 e. The molecule has 2 rings (SSSR count). The molecule has 7 heteroatoms. The number of rotatable bonds is 6. The second kappa shape index (κ2) is 7.95. The molecule has 0 amide bonds. The zero-order valence-electron chi connectivity index (χ0n) is 11.6. The van der Waals surface area contributed by atoms with Gasteiger partial charge in [0.25, 0.3) is 10.2 Å². The maximum atomic E-state index is 12.3. The first kappa shape index (κ1) is 17.4. The Morgan fingerprint density at radius 3 is 2.60 bits per heavy atom. The lowest BCUT2D eigenvalue weighted by Crippen LogP contribution is -2.45. The highest BCUT2D eigenvalue weighted by atomic mass is 35.5. The number of nitrogens with zero attached hydrogens (tertiary/aromatic N) is 1. The summed E-state index contributed by atoms with van der Waals surface area (Å²) >= 11 is 0. The summed E-state index contributed by atoms with van der Waals surface area (Å²) in [4.78, 5) is 0. The summed E-state index contributed by atoms with van der Waals surface area (Å²) < 4.78 is 28.9. The molecule has 0 saturated carbocycles. The molecule has 1 fully saturated rings. The second-order valence-corrected chi connectivity index (χ2v) is 6.43. The van der Waals surface area contributed by atoms with E-state index in [1.54, 1.807) is 0 Å². The maximum Gasteiger partial charge on any atom is 0.280 e. The summed E-state index contributed by atoms with van der Waals surface area (Å²) in [5, 5.41) is 3.16. The summed E-state index contributed by atoms with van der Waals surface area (Å²) in [6, 6.07) is 9.66. The molecule has 2 N–H and O–H groups in total. The van der Waals surface area contributed by atoms with Gasteiger partial charge in [0.05, 0.1) is 0 Å². The van der Waals surface area contributed by atoms with E-state index in [-0.39, 0.29) is 18.4 Å². The zero-order valence-corrected chi connectivity index (χ0v) is 13.2. The number of hydrogen-bond donors (Lipinski definition) is 2. The van der Waals surface area contributed by atoms with Gasteiger partial charge in [0, 0.05) is 25.7 Å². The minimum absolute atomic E-state index is 0. The van der Waals surface area contributed by atoms with Gasteiger partial charge in [-0.25, -0.2) is 0 Å². The molecule has 0 spiro atoms. The Morgan fingerprint density at radius 1 is 1.35 bits per heavy atom. The highest BCUT2D eigenvalue weighted by molar-refractivity contribution is 7.87. The van der Waals surface area contributed by atoms with Crippen LogP contribution >= 0.6 is 12.4 Å². The fourth-order valence-corrected chi connectivity index (χ4v) is 3.62. The van der Waals surface area contributed by atoms with Gasteiger partial charge in [-0.05, 0) is 18.5 Å². The van der Waals surface area contributed by atoms with E-state index >= 15 is 0 Å². The molecular formula is C13H22ClN3O2S. The van der Waals surface area contributed by atoms with E-state index in [2.05, 4.69) is 10.0 Å². The number of nitrogens with one attached hydrogen (secondary N) is 2. The fraction of sp³-hybridized carbons (Fsp3) is 0.538. The molecule has 5 nitrogen and oxygen atoms in total. The van der Waals surface area contributed by atoms with Gasteiger partial charge in [-0.1, -0.05) is 37.3 Å². The van der Waals surface area contributed by atoms with Gasteiger partial charge in [0.15, 0.2) is 0 Å². The van der Waals surface area contributed by atoms with Crippen molar-refractivity contribution in [3.63, 3.8) is 0 Å². The molecule has 1 atom stereocenters. The van der Waals surface area contributed by atoms with Crippen LogP contribution in [0.2, 0.25) is 0 Å². The Bertz CT molecular complexity index is 490. The van der Waals surface area contributed by atoms with Crippen molar-refractivity contribution in [3.8, 4) is 0 Å². The van der Waals surface area contributed by atoms with Gasteiger partial charge in [-0.15, -0.1) is 12.4 Å². The molecule has 0 aliphatic carbocycles. The van der Waals surface area contributed by atoms with Gasteiger partial charge in [0.1, 0.15) is 0 Å². The Hall–Kier alpha value is -0.660. The molecule has 0 aromatic heterocycles. The summed E-state index contributed by atoms with van der Waals surface area (Å²) in [5.74, 6) is 0. The van der Waals surface area contributed by atoms with E-state index in [0.29, 0.717) is 19.6 Å². The van der Waals surface area contributed by atoms with Crippen LogP contribution in [0.25, 0.3) is 0 Å². The minimum atomic E-state index is -3.41. The molecule has 20 heavy (non-hydrogen) atoms. The van der Waals surface area contributed by atoms with E-state index in [0.717, 1.165) is 18.5 Å². The molecule has 0 radical (unpaired) electrons. The average molecular weight is 320 g/mol. The topological polar surface area (TPSA) is 61.4 Å². The van der Waals surface area contributed by atoms with Crippen molar-refractivity contribution in [1.82, 2.24) is 14.3 Å². The number of halogens is 1. The fourth-order valence-electron chi connectivity index (χ4n) is 2.19. The predicted octanol–water partition coefficient (Wildman–Crippen LogP) is 1.13. The summed E-state index contributed by atoms with van der Waals surface area (Å²) in [6.45, 7) is 4.31. The Morgan fingerprint density at radius 2 is 2.05 bits per heavy atom. The standard InChI is InChI=1S/C13H21N3O2S.ClH/c1-2-16(11-12-6-4-3-5-7-12)19(17,18)15-13-8-9-14-10-13;/h3-7,13-15H,2,8-11H2,1H3;1H. The highest BCUT2D eigenvalue weighted by Crippen LogP contribution is 2.09. The van der Waals surface area contributed by atoms with Crippen molar-refractivity contribution >= 4 is 22.6 Å². The van der Waals surface area contributed by atoms with Crippen molar-refractivity contribution < 1.29 is 8.42 Å². The predicted molar refractivity (Wildman–Crippen MR) is 83.1 cm³/mol. The summed E-state index contributed by atoms with van der Waals surface area (Å²) in [5.41, 5.74) is 0.999. The normalized spacial score (nSPS) is 19.0. The van der Waals surface area contributed by atoms with Crippen LogP contribution in [-0.4, -0.2) is 38.4 Å². The Balaban J connectivity index is 0.00000200. The van der Waals surface area contributed by atoms with Crippen LogP contribution in [0.15, 0.2) is 30.3 Å². The Labute approximate surface area is 127 Å². The first-order valence-corrected chi connectivity index (χ1v) is 8.08. The van der Waals surface area contributed by atoms with Crippen LogP contribution in [0.5, 0.6) is 0 Å². The van der Waals surface area contributed by atoms with Crippen LogP contribution in [0.4, 0.5) is 0 Å². The van der Waals surface area contributed by atoms with Crippen LogP contribution in [0.1, 0.15) is 18.9 Å². The largest absolute Gasteiger partial charge is 0.315 e. The molecule has 0 bridgehead atoms. The third-order valence-electron chi connectivity index (χ3n) is 3.27. The number of hydrogen-bond acceptors (Lipinski definition) is 3. The van der Waals surface area contributed by atoms with Crippen molar-refractivity contribution in [1.29, 1.82) is 0 Å². The van der Waals surface area contributed by atoms with Gasteiger partial charge < -0.3 is 5.32 Å². The number of benzene rings is 1. The molecule has 1 aromatic carbocycles. The highest BCUT2D eigenvalue weighted by Gasteiger charge is 2.25. The van der Waals surface area contributed by atoms with E-state index in [1.807, 2.05) is 37.3 Å². The molecule has 1 heterocycles. The van der Waals surface area contributed by atoms with Crippen LogP contribution in [-0.2, 0) is 16.8 Å². The van der Waals surface area contributed by atoms with E-state index in [4.69, 9.17) is 0 Å². The Kier molecular flexibility index (Phi) is 6.91. The van der Waals surface area contributed by atoms with Gasteiger partial charge >= 0.3 is 0 Å². The zero-order chi connectivity index (χ0) is 13.7. The van der Waals surface area contributed by atoms with Crippen molar-refractivity contribution in [2.45, 2.75) is 25.9 Å². The van der Waals surface area contributed by atoms with Gasteiger partial charge in [-0.3, -0.25) is 0 Å². The monoisotopic (exact) mass is 319 g/mol. The van der Waals surface area contributed by atoms with E-state index < -0.39 is 10.2 Å². The van der Waals surface area contributed by atoms with Crippen molar-refractivity contribution in [2.24, 2.45) is 0 Å². The van der Waals surface area contributed by atoms with Gasteiger partial charge in [0.2, 0.25) is 0 Å². The lowest BCUT2D eigenvalue weighted by Gasteiger charge is -2.23. The van der Waals surface area contributed by atoms with Crippen LogP contribution < -0.4 is 10.0 Å². The molecule has 1 aliphatic heterocycles. The third kappa shape index (κ3) is 4.71. The molecule has 1 aliphatic rings. The molecule has 1 saturated heterocycles. The SMILES string of the molecule is CCN(Cc1ccccc1)S(=O)(=O)NC1CCNC1.Cl. The van der Waals surface area contributed by atoms with Crippen LogP contribution in [0, 0.1) is 0 Å². The van der Waals surface area contributed by atoms with Crippen molar-refractivity contribution in [2.75, 3.05) is 19.6 Å². The second-order valence-electron chi connectivity index (χ2n) is 4.72. The van der Waals surface area contributed by atoms with Crippen molar-refractivity contribution in [3.05, 3.63) is 35.9 Å². The molecule has 1 unspecified atom stereocenters. The lowest BCUT2D eigenvalue weighted by atomic mass is 10.2. The molecule has 1 aromatic rings. The maximum absolute atomic E-state index is 12.3. The average Bonchev–Trinajstić information content (AvgIpc) is 2.89. The quantitative estimate of drug-likeness (QED) is 0.826. The first-order chi connectivity index (χ1) is 9.12. The summed E-state index contributed by atoms with van der Waals surface area (Å²) in [6.07, 6.45) is 0.849. The molecule has 114 valence electrons. The van der Waals surface area contributed by atoms with E-state index in [1.165, 1.54) is 4.31 Å². The first-order valence-electron chi connectivity index (χ1n) is 6.64.